The highest BCUT2D eigenvalue weighted by molar-refractivity contribution is 8.10. The first kappa shape index (κ1) is 30.2. The van der Waals surface area contributed by atoms with Crippen LogP contribution in [0.3, 0.4) is 0 Å². The van der Waals surface area contributed by atoms with E-state index in [9.17, 15) is 42.2 Å². The van der Waals surface area contributed by atoms with Crippen LogP contribution in [0.15, 0.2) is 58.3 Å². The number of nitro groups is 2. The second kappa shape index (κ2) is 13.0. The number of sulfone groups is 2. The summed E-state index contributed by atoms with van der Waals surface area (Å²) in [5, 5.41) is 41.6. The smallest absolute Gasteiger partial charge is 0.300 e. The predicted octanol–water partition coefficient (Wildman–Crippen LogP) is 0.439. The van der Waals surface area contributed by atoms with E-state index >= 15 is 0 Å². The highest BCUT2D eigenvalue weighted by Crippen LogP contribution is 2.35. The molecule has 0 fully saturated rings. The minimum Gasteiger partial charge on any atom is -0.394 e. The predicted molar refractivity (Wildman–Crippen MR) is 125 cm³/mol. The first-order valence-electron chi connectivity index (χ1n) is 10.4. The van der Waals surface area contributed by atoms with E-state index in [1.165, 1.54) is 0 Å². The summed E-state index contributed by atoms with van der Waals surface area (Å²) in [4.78, 5) is 18.7. The van der Waals surface area contributed by atoms with Crippen molar-refractivity contribution in [3.63, 3.8) is 0 Å². The zero-order valence-electron chi connectivity index (χ0n) is 19.2. The monoisotopic (exact) mass is 564 g/mol. The van der Waals surface area contributed by atoms with Crippen LogP contribution in [0.2, 0.25) is 0 Å². The fourth-order valence-electron chi connectivity index (χ4n) is 2.87. The van der Waals surface area contributed by atoms with Crippen LogP contribution in [-0.4, -0.2) is 87.4 Å². The third-order valence-electron chi connectivity index (χ3n) is 4.82. The van der Waals surface area contributed by atoms with E-state index < -0.39 is 61.6 Å². The van der Waals surface area contributed by atoms with Gasteiger partial charge in [-0.15, -0.1) is 0 Å². The molecule has 204 valence electrons. The van der Waals surface area contributed by atoms with Crippen LogP contribution in [0.5, 0.6) is 0 Å². The Kier molecular flexibility index (Phi) is 10.6. The number of non-ortho nitro benzene ring substituents is 2. The van der Waals surface area contributed by atoms with Crippen molar-refractivity contribution in [3.05, 3.63) is 68.8 Å². The van der Waals surface area contributed by atoms with Gasteiger partial charge in [0, 0.05) is 24.3 Å². The lowest BCUT2D eigenvalue weighted by atomic mass is 10.3. The van der Waals surface area contributed by atoms with Crippen LogP contribution in [0.25, 0.3) is 0 Å². The Balaban J connectivity index is 2.35. The Morgan fingerprint density at radius 1 is 0.676 bits per heavy atom. The summed E-state index contributed by atoms with van der Waals surface area (Å²) in [7, 11) is -10.4. The summed E-state index contributed by atoms with van der Waals surface area (Å²) in [5.74, 6) is 0. The van der Waals surface area contributed by atoms with Crippen molar-refractivity contribution < 1.29 is 51.1 Å². The molecule has 0 atom stereocenters. The lowest BCUT2D eigenvalue weighted by molar-refractivity contribution is -0.385. The molecular formula is C20H24N2O13S2. The molecule has 0 unspecified atom stereocenters. The van der Waals surface area contributed by atoms with Crippen molar-refractivity contribution in [3.8, 4) is 0 Å². The zero-order chi connectivity index (χ0) is 27.7. The number of hydrogen-bond donors (Lipinski definition) is 2. The first-order valence-corrected chi connectivity index (χ1v) is 13.4. The molecule has 0 saturated carbocycles. The molecule has 37 heavy (non-hydrogen) atoms. The quantitative estimate of drug-likeness (QED) is 0.161. The van der Waals surface area contributed by atoms with Crippen LogP contribution in [0.1, 0.15) is 0 Å². The lowest BCUT2D eigenvalue weighted by Crippen LogP contribution is -2.50. The largest absolute Gasteiger partial charge is 0.394 e. The van der Waals surface area contributed by atoms with Gasteiger partial charge in [-0.25, -0.2) is 16.8 Å². The molecule has 2 aromatic carbocycles. The third kappa shape index (κ3) is 7.04. The van der Waals surface area contributed by atoms with E-state index in [0.29, 0.717) is 0 Å². The highest BCUT2D eigenvalue weighted by Gasteiger charge is 2.55. The maximum atomic E-state index is 13.3. The molecule has 17 heteroatoms. The van der Waals surface area contributed by atoms with Crippen molar-refractivity contribution in [1.29, 1.82) is 0 Å². The van der Waals surface area contributed by atoms with Gasteiger partial charge in [0.25, 0.3) is 11.4 Å². The fourth-order valence-corrected chi connectivity index (χ4v) is 6.80. The minimum absolute atomic E-state index is 0.0931. The molecule has 0 aliphatic carbocycles. The number of nitrogens with zero attached hydrogens (tertiary/aromatic N) is 2. The van der Waals surface area contributed by atoms with Crippen LogP contribution in [0, 0.1) is 20.2 Å². The summed E-state index contributed by atoms with van der Waals surface area (Å²) >= 11 is 0. The zero-order valence-corrected chi connectivity index (χ0v) is 20.8. The SMILES string of the molecule is O=[N+]([O-])c1ccc(S(=O)(=O)C(O)(COCCOCCOCCO)S(=O)(=O)c2ccc([N+](=O)[O-])cc2)cc1. The van der Waals surface area contributed by atoms with Gasteiger partial charge in [0.15, 0.2) is 0 Å². The van der Waals surface area contributed by atoms with Crippen molar-refractivity contribution in [2.45, 2.75) is 14.1 Å². The van der Waals surface area contributed by atoms with Gasteiger partial charge < -0.3 is 24.4 Å². The molecule has 2 N–H and O–H groups in total. The standard InChI is InChI=1S/C20H24N2O13S2/c23-9-10-33-11-12-34-13-14-35-15-20(24,36(29,30)18-5-1-16(2-6-18)21(25)26)37(31,32)19-7-3-17(4-8-19)22(27)28/h1-8,23-24H,9-15H2. The van der Waals surface area contributed by atoms with Crippen LogP contribution < -0.4 is 0 Å². The summed E-state index contributed by atoms with van der Waals surface area (Å²) < 4.78 is 65.0. The van der Waals surface area contributed by atoms with E-state index in [4.69, 9.17) is 19.3 Å². The average molecular weight is 565 g/mol. The van der Waals surface area contributed by atoms with Gasteiger partial charge in [0.2, 0.25) is 19.7 Å². The lowest BCUT2D eigenvalue weighted by Gasteiger charge is -2.27. The molecule has 2 rings (SSSR count). The Labute approximate surface area is 211 Å². The molecule has 0 bridgehead atoms. The molecule has 0 spiro atoms. The molecule has 0 aliphatic heterocycles. The Hall–Kier alpha value is -3.06. The van der Waals surface area contributed by atoms with Crippen LogP contribution in [-0.2, 0) is 33.9 Å². The number of aliphatic hydroxyl groups excluding tert-OH is 1. The van der Waals surface area contributed by atoms with Gasteiger partial charge in [0.05, 0.1) is 59.3 Å². The number of benzene rings is 2. The van der Waals surface area contributed by atoms with Gasteiger partial charge in [-0.1, -0.05) is 0 Å². The number of rotatable bonds is 16. The molecule has 0 aliphatic rings. The normalized spacial score (nSPS) is 12.4. The summed E-state index contributed by atoms with van der Waals surface area (Å²) in [5.41, 5.74) is -0.950. The van der Waals surface area contributed by atoms with Crippen LogP contribution >= 0.6 is 0 Å². The maximum absolute atomic E-state index is 13.3. The second-order valence-electron chi connectivity index (χ2n) is 7.22. The number of nitro benzene ring substituents is 2. The van der Waals surface area contributed by atoms with Gasteiger partial charge in [-0.3, -0.25) is 20.2 Å². The molecule has 0 heterocycles. The van der Waals surface area contributed by atoms with Crippen molar-refractivity contribution in [1.82, 2.24) is 0 Å². The van der Waals surface area contributed by atoms with E-state index in [2.05, 4.69) is 0 Å². The van der Waals surface area contributed by atoms with E-state index in [1.807, 2.05) is 0 Å². The molecule has 0 radical (unpaired) electrons. The number of aliphatic hydroxyl groups is 2. The second-order valence-corrected chi connectivity index (χ2v) is 11.8. The number of hydrogen-bond acceptors (Lipinski definition) is 13. The van der Waals surface area contributed by atoms with E-state index in [1.54, 1.807) is 0 Å². The Morgan fingerprint density at radius 3 is 1.38 bits per heavy atom. The average Bonchev–Trinajstić information content (AvgIpc) is 2.87. The van der Waals surface area contributed by atoms with E-state index in [-0.39, 0.29) is 39.6 Å². The van der Waals surface area contributed by atoms with Crippen molar-refractivity contribution in [2.75, 3.05) is 46.2 Å². The third-order valence-corrected chi connectivity index (χ3v) is 9.84. The van der Waals surface area contributed by atoms with Gasteiger partial charge >= 0.3 is 4.27 Å². The van der Waals surface area contributed by atoms with E-state index in [0.717, 1.165) is 48.5 Å². The maximum Gasteiger partial charge on any atom is 0.300 e. The van der Waals surface area contributed by atoms with Crippen molar-refractivity contribution >= 4 is 31.0 Å². The molecule has 0 saturated heterocycles. The highest BCUT2D eigenvalue weighted by atomic mass is 32.3. The Bertz CT molecular complexity index is 1190. The minimum atomic E-state index is -5.18. The van der Waals surface area contributed by atoms with Gasteiger partial charge in [-0.05, 0) is 24.3 Å². The molecule has 15 nitrogen and oxygen atoms in total. The molecule has 0 aromatic heterocycles. The van der Waals surface area contributed by atoms with Crippen molar-refractivity contribution in [2.24, 2.45) is 0 Å². The van der Waals surface area contributed by atoms with Gasteiger partial charge in [0.1, 0.15) is 6.61 Å². The molecule has 0 amide bonds. The fraction of sp³-hybridized carbons (Fsp3) is 0.400. The summed E-state index contributed by atoms with van der Waals surface area (Å²) in [6.07, 6.45) is 0. The molecular weight excluding hydrogens is 540 g/mol. The Morgan fingerprint density at radius 2 is 1.03 bits per heavy atom. The van der Waals surface area contributed by atoms with Gasteiger partial charge in [-0.2, -0.15) is 0 Å². The number of ether oxygens (including phenoxy) is 3. The topological polar surface area (TPSA) is 223 Å². The summed E-state index contributed by atoms with van der Waals surface area (Å²) in [6, 6.07) is 6.33. The first-order chi connectivity index (χ1) is 17.4. The summed E-state index contributed by atoms with van der Waals surface area (Å²) in [6.45, 7) is -1.58. The van der Waals surface area contributed by atoms with Crippen LogP contribution in [0.4, 0.5) is 11.4 Å². The molecule has 2 aromatic rings.